The van der Waals surface area contributed by atoms with Gasteiger partial charge in [-0.3, -0.25) is 15.6 Å². The van der Waals surface area contributed by atoms with Crippen molar-refractivity contribution in [3.05, 3.63) is 93.4 Å². The van der Waals surface area contributed by atoms with Gasteiger partial charge in [-0.1, -0.05) is 36.9 Å². The topological polar surface area (TPSA) is 102 Å². The Bertz CT molecular complexity index is 1350. The average Bonchev–Trinajstić information content (AvgIpc) is 3.56. The summed E-state index contributed by atoms with van der Waals surface area (Å²) < 4.78 is 5.75. The first-order valence-electron chi connectivity index (χ1n) is 12.3. The molecule has 192 valence electrons. The van der Waals surface area contributed by atoms with Crippen LogP contribution in [0, 0.1) is 24.7 Å². The molecule has 1 aromatic heterocycles. The fourth-order valence-electron chi connectivity index (χ4n) is 4.59. The van der Waals surface area contributed by atoms with E-state index < -0.39 is 5.54 Å². The SMILES string of the molecule is C=C(c1ccccc1)[C@@](C)(NC)C(=N)OC(=N)c1cc(C)cc(C(=O)N2CCC[C@@H]2c2nc(C)cs2)c1. The van der Waals surface area contributed by atoms with E-state index >= 15 is 0 Å². The van der Waals surface area contributed by atoms with Gasteiger partial charge in [-0.2, -0.15) is 0 Å². The summed E-state index contributed by atoms with van der Waals surface area (Å²) in [6.45, 7) is 10.5. The van der Waals surface area contributed by atoms with Gasteiger partial charge < -0.3 is 15.0 Å². The second-order valence-corrected chi connectivity index (χ2v) is 10.4. The van der Waals surface area contributed by atoms with Gasteiger partial charge in [-0.05, 0) is 75.6 Å². The van der Waals surface area contributed by atoms with Crippen LogP contribution in [-0.4, -0.2) is 46.7 Å². The molecule has 0 aliphatic carbocycles. The molecule has 7 nitrogen and oxygen atoms in total. The molecule has 3 N–H and O–H groups in total. The van der Waals surface area contributed by atoms with Gasteiger partial charge in [-0.25, -0.2) is 4.98 Å². The van der Waals surface area contributed by atoms with E-state index in [2.05, 4.69) is 16.9 Å². The zero-order valence-corrected chi connectivity index (χ0v) is 22.5. The predicted octanol–water partition coefficient (Wildman–Crippen LogP) is 5.75. The number of likely N-dealkylation sites (N-methyl/N-ethyl adjacent to an activating group) is 1. The van der Waals surface area contributed by atoms with Crippen LogP contribution in [0.15, 0.2) is 60.5 Å². The minimum atomic E-state index is -1.02. The van der Waals surface area contributed by atoms with E-state index in [-0.39, 0.29) is 23.7 Å². The second kappa shape index (κ2) is 10.8. The summed E-state index contributed by atoms with van der Waals surface area (Å²) in [4.78, 5) is 20.1. The summed E-state index contributed by atoms with van der Waals surface area (Å²) in [6, 6.07) is 14.9. The first-order chi connectivity index (χ1) is 17.6. The third kappa shape index (κ3) is 5.40. The predicted molar refractivity (Wildman–Crippen MR) is 150 cm³/mol. The number of hydrogen-bond acceptors (Lipinski definition) is 7. The Morgan fingerprint density at radius 1 is 1.16 bits per heavy atom. The fourth-order valence-corrected chi connectivity index (χ4v) is 5.53. The molecule has 0 spiro atoms. The van der Waals surface area contributed by atoms with Crippen molar-refractivity contribution in [3.63, 3.8) is 0 Å². The van der Waals surface area contributed by atoms with E-state index in [4.69, 9.17) is 15.6 Å². The van der Waals surface area contributed by atoms with Gasteiger partial charge in [-0.15, -0.1) is 11.3 Å². The van der Waals surface area contributed by atoms with Gasteiger partial charge in [0.15, 0.2) is 0 Å². The van der Waals surface area contributed by atoms with E-state index in [1.165, 1.54) is 0 Å². The molecular formula is C29H33N5O2S. The summed E-state index contributed by atoms with van der Waals surface area (Å²) in [7, 11) is 1.73. The van der Waals surface area contributed by atoms with E-state index in [1.807, 2.05) is 60.5 Å². The largest absolute Gasteiger partial charge is 0.423 e. The van der Waals surface area contributed by atoms with Crippen molar-refractivity contribution in [1.29, 1.82) is 10.8 Å². The van der Waals surface area contributed by atoms with Gasteiger partial charge in [0.25, 0.3) is 5.91 Å². The average molecular weight is 516 g/mol. The molecule has 0 bridgehead atoms. The maximum absolute atomic E-state index is 13.6. The Balaban J connectivity index is 1.54. The number of amides is 1. The van der Waals surface area contributed by atoms with E-state index in [1.54, 1.807) is 37.4 Å². The number of aromatic nitrogens is 1. The summed E-state index contributed by atoms with van der Waals surface area (Å²) in [5.74, 6) is -0.429. The Morgan fingerprint density at radius 3 is 2.51 bits per heavy atom. The highest BCUT2D eigenvalue weighted by Crippen LogP contribution is 2.35. The fraction of sp³-hybridized carbons (Fsp3) is 0.310. The summed E-state index contributed by atoms with van der Waals surface area (Å²) in [5, 5.41) is 23.4. The monoisotopic (exact) mass is 515 g/mol. The van der Waals surface area contributed by atoms with Crippen molar-refractivity contribution in [2.75, 3.05) is 13.6 Å². The molecule has 0 unspecified atom stereocenters. The number of thiazole rings is 1. The molecule has 0 radical (unpaired) electrons. The molecule has 1 amide bonds. The van der Waals surface area contributed by atoms with Gasteiger partial charge in [0, 0.05) is 28.7 Å². The van der Waals surface area contributed by atoms with Crippen LogP contribution in [0.25, 0.3) is 5.57 Å². The molecule has 1 fully saturated rings. The first kappa shape index (κ1) is 26.4. The highest BCUT2D eigenvalue weighted by Gasteiger charge is 2.35. The zero-order chi connectivity index (χ0) is 26.7. The smallest absolute Gasteiger partial charge is 0.254 e. The van der Waals surface area contributed by atoms with Crippen molar-refractivity contribution in [2.45, 2.75) is 45.2 Å². The van der Waals surface area contributed by atoms with Crippen LogP contribution in [-0.2, 0) is 4.74 Å². The lowest BCUT2D eigenvalue weighted by atomic mass is 9.87. The van der Waals surface area contributed by atoms with E-state index in [0.29, 0.717) is 23.2 Å². The number of ether oxygens (including phenoxy) is 1. The number of likely N-dealkylation sites (tertiary alicyclic amines) is 1. The molecule has 3 aromatic rings. The Kier molecular flexibility index (Phi) is 7.71. The summed E-state index contributed by atoms with van der Waals surface area (Å²) >= 11 is 1.59. The van der Waals surface area contributed by atoms with Gasteiger partial charge in [0.05, 0.1) is 6.04 Å². The molecule has 2 aromatic carbocycles. The third-order valence-corrected chi connectivity index (χ3v) is 7.97. The molecule has 37 heavy (non-hydrogen) atoms. The summed E-state index contributed by atoms with van der Waals surface area (Å²) in [5.41, 5.74) is 3.26. The van der Waals surface area contributed by atoms with Crippen LogP contribution in [0.2, 0.25) is 0 Å². The number of carbonyl (C=O) groups is 1. The molecule has 1 saturated heterocycles. The molecule has 1 aliphatic heterocycles. The van der Waals surface area contributed by atoms with Crippen molar-refractivity contribution in [1.82, 2.24) is 15.2 Å². The van der Waals surface area contributed by atoms with Crippen LogP contribution in [0.4, 0.5) is 0 Å². The Hall–Kier alpha value is -3.62. The van der Waals surface area contributed by atoms with Crippen LogP contribution in [0.1, 0.15) is 63.6 Å². The number of benzene rings is 2. The highest BCUT2D eigenvalue weighted by molar-refractivity contribution is 7.09. The minimum Gasteiger partial charge on any atom is -0.423 e. The Morgan fingerprint density at radius 2 is 1.86 bits per heavy atom. The van der Waals surface area contributed by atoms with Crippen LogP contribution in [0.5, 0.6) is 0 Å². The molecular weight excluding hydrogens is 482 g/mol. The van der Waals surface area contributed by atoms with E-state index in [9.17, 15) is 4.79 Å². The van der Waals surface area contributed by atoms with Gasteiger partial charge in [0.1, 0.15) is 10.5 Å². The van der Waals surface area contributed by atoms with Crippen molar-refractivity contribution >= 4 is 34.6 Å². The second-order valence-electron chi connectivity index (χ2n) is 9.55. The maximum atomic E-state index is 13.6. The first-order valence-corrected chi connectivity index (χ1v) is 13.2. The number of rotatable bonds is 7. The lowest BCUT2D eigenvalue weighted by Crippen LogP contribution is -2.49. The molecule has 4 rings (SSSR count). The molecule has 1 aliphatic rings. The number of nitrogens with zero attached hydrogens (tertiary/aromatic N) is 2. The quantitative estimate of drug-likeness (QED) is 0.275. The van der Waals surface area contributed by atoms with Gasteiger partial charge in [0.2, 0.25) is 11.8 Å². The van der Waals surface area contributed by atoms with Crippen molar-refractivity contribution in [2.24, 2.45) is 0 Å². The van der Waals surface area contributed by atoms with Crippen molar-refractivity contribution < 1.29 is 9.53 Å². The van der Waals surface area contributed by atoms with E-state index in [0.717, 1.165) is 34.7 Å². The summed E-state index contributed by atoms with van der Waals surface area (Å²) in [6.07, 6.45) is 1.82. The lowest BCUT2D eigenvalue weighted by molar-refractivity contribution is 0.0735. The highest BCUT2D eigenvalue weighted by atomic mass is 32.1. The molecule has 0 saturated carbocycles. The van der Waals surface area contributed by atoms with Crippen LogP contribution < -0.4 is 5.32 Å². The van der Waals surface area contributed by atoms with Crippen molar-refractivity contribution in [3.8, 4) is 0 Å². The number of hydrogen-bond donors (Lipinski definition) is 3. The Labute approximate surface area is 222 Å². The number of nitrogens with one attached hydrogen (secondary N) is 3. The number of aryl methyl sites for hydroxylation is 2. The van der Waals surface area contributed by atoms with Crippen LogP contribution in [0.3, 0.4) is 0 Å². The number of carbonyl (C=O) groups excluding carboxylic acids is 1. The molecule has 8 heteroatoms. The lowest BCUT2D eigenvalue weighted by Gasteiger charge is -2.31. The standard InChI is InChI=1S/C29H33N5O2S/c1-18-14-22(25(30)36-28(31)29(4,32-5)20(3)21-10-7-6-8-11-21)16-23(15-18)27(35)34-13-9-12-24(34)26-33-19(2)17-37-26/h6-8,10-11,14-17,24,30-32H,3,9,12-13H2,1-2,4-5H3/t24-,29-/m1/s1. The maximum Gasteiger partial charge on any atom is 0.254 e. The third-order valence-electron chi connectivity index (χ3n) is 6.91. The van der Waals surface area contributed by atoms with Gasteiger partial charge >= 0.3 is 0 Å². The minimum absolute atomic E-state index is 0.0284. The zero-order valence-electron chi connectivity index (χ0n) is 21.7. The normalized spacial score (nSPS) is 16.8. The van der Waals surface area contributed by atoms with Crippen LogP contribution >= 0.6 is 11.3 Å². The molecule has 2 heterocycles. The molecule has 2 atom stereocenters.